The topological polar surface area (TPSA) is 46.6 Å². The van der Waals surface area contributed by atoms with Gasteiger partial charge >= 0.3 is 0 Å². The Morgan fingerprint density at radius 3 is 2.08 bits per heavy atom. The van der Waals surface area contributed by atoms with Gasteiger partial charge in [0.15, 0.2) is 11.6 Å². The quantitative estimate of drug-likeness (QED) is 0.199. The molecular formula is C29H22F3NO3S2. The summed E-state index contributed by atoms with van der Waals surface area (Å²) in [5.74, 6) is -1.80. The second-order valence-electron chi connectivity index (χ2n) is 8.67. The highest BCUT2D eigenvalue weighted by atomic mass is 32.2. The summed E-state index contributed by atoms with van der Waals surface area (Å²) in [5, 5.41) is 1.41. The zero-order valence-corrected chi connectivity index (χ0v) is 21.8. The van der Waals surface area contributed by atoms with E-state index in [1.165, 1.54) is 76.3 Å². The van der Waals surface area contributed by atoms with Crippen LogP contribution in [0.1, 0.15) is 16.7 Å². The largest absolute Gasteiger partial charge is 0.486 e. The Kier molecular flexibility index (Phi) is 7.14. The second-order valence-corrected chi connectivity index (χ2v) is 11.6. The van der Waals surface area contributed by atoms with Crippen molar-refractivity contribution in [3.8, 4) is 5.75 Å². The zero-order chi connectivity index (χ0) is 26.9. The number of ether oxygens (including phenoxy) is 1. The molecule has 0 aliphatic rings. The molecule has 0 saturated heterocycles. The van der Waals surface area contributed by atoms with Gasteiger partial charge in [0.2, 0.25) is 0 Å². The Morgan fingerprint density at radius 1 is 0.816 bits per heavy atom. The van der Waals surface area contributed by atoms with E-state index >= 15 is 4.39 Å². The number of hydrogen-bond acceptors (Lipinski definition) is 4. The first kappa shape index (κ1) is 25.8. The lowest BCUT2D eigenvalue weighted by Gasteiger charge is -2.24. The summed E-state index contributed by atoms with van der Waals surface area (Å²) in [7, 11) is -4.23. The Balaban J connectivity index is 1.50. The van der Waals surface area contributed by atoms with Gasteiger partial charge in [-0.15, -0.1) is 11.3 Å². The normalized spacial score (nSPS) is 11.6. The predicted molar refractivity (Wildman–Crippen MR) is 143 cm³/mol. The molecule has 0 aliphatic carbocycles. The molecule has 194 valence electrons. The second kappa shape index (κ2) is 10.5. The van der Waals surface area contributed by atoms with Crippen LogP contribution >= 0.6 is 11.3 Å². The lowest BCUT2D eigenvalue weighted by atomic mass is 10.2. The van der Waals surface area contributed by atoms with Gasteiger partial charge in [-0.3, -0.25) is 4.31 Å². The predicted octanol–water partition coefficient (Wildman–Crippen LogP) is 7.60. The van der Waals surface area contributed by atoms with E-state index in [4.69, 9.17) is 4.74 Å². The van der Waals surface area contributed by atoms with Crippen LogP contribution in [0.5, 0.6) is 5.75 Å². The standard InChI is InChI=1S/C29H22F3NO3S2/c1-19-25-4-2-3-5-28(25)37-29(19)33(17-20-6-10-22(30)11-7-20)38(34,35)24-14-15-27(26(32)16-24)36-18-21-8-12-23(31)13-9-21/h2-16H,17-18H2,1H3. The summed E-state index contributed by atoms with van der Waals surface area (Å²) < 4.78 is 77.2. The van der Waals surface area contributed by atoms with Gasteiger partial charge in [0, 0.05) is 4.70 Å². The Hall–Kier alpha value is -3.82. The highest BCUT2D eigenvalue weighted by molar-refractivity contribution is 7.93. The molecule has 5 aromatic rings. The molecule has 9 heteroatoms. The van der Waals surface area contributed by atoms with E-state index in [1.807, 2.05) is 31.2 Å². The van der Waals surface area contributed by atoms with Gasteiger partial charge in [0.1, 0.15) is 23.2 Å². The molecule has 0 fully saturated rings. The monoisotopic (exact) mass is 553 g/mol. The summed E-state index contributed by atoms with van der Waals surface area (Å²) in [6.07, 6.45) is 0. The average molecular weight is 554 g/mol. The van der Waals surface area contributed by atoms with E-state index in [0.29, 0.717) is 16.1 Å². The fraction of sp³-hybridized carbons (Fsp3) is 0.103. The molecule has 0 unspecified atom stereocenters. The number of anilines is 1. The molecular weight excluding hydrogens is 531 g/mol. The Bertz CT molecular complexity index is 1700. The third-order valence-electron chi connectivity index (χ3n) is 6.08. The molecule has 4 aromatic carbocycles. The first-order chi connectivity index (χ1) is 18.2. The molecule has 38 heavy (non-hydrogen) atoms. The first-order valence-electron chi connectivity index (χ1n) is 11.6. The van der Waals surface area contributed by atoms with Crippen molar-refractivity contribution in [2.75, 3.05) is 4.31 Å². The number of benzene rings is 4. The van der Waals surface area contributed by atoms with Crippen LogP contribution in [0.2, 0.25) is 0 Å². The van der Waals surface area contributed by atoms with Crippen molar-refractivity contribution in [2.45, 2.75) is 25.0 Å². The van der Waals surface area contributed by atoms with E-state index in [0.717, 1.165) is 21.7 Å². The summed E-state index contributed by atoms with van der Waals surface area (Å²) in [6, 6.07) is 22.2. The van der Waals surface area contributed by atoms with Gasteiger partial charge in [-0.25, -0.2) is 21.6 Å². The number of aryl methyl sites for hydroxylation is 1. The Labute approximate surface area is 222 Å². The average Bonchev–Trinajstić information content (AvgIpc) is 3.24. The summed E-state index contributed by atoms with van der Waals surface area (Å²) in [6.45, 7) is 1.76. The lowest BCUT2D eigenvalue weighted by molar-refractivity contribution is 0.289. The van der Waals surface area contributed by atoms with Crippen LogP contribution in [0, 0.1) is 24.4 Å². The van der Waals surface area contributed by atoms with E-state index in [9.17, 15) is 17.2 Å². The van der Waals surface area contributed by atoms with Gasteiger partial charge in [0.25, 0.3) is 10.0 Å². The fourth-order valence-corrected chi connectivity index (χ4v) is 6.99. The number of thiophene rings is 1. The molecule has 0 spiro atoms. The van der Waals surface area contributed by atoms with Crippen LogP contribution < -0.4 is 9.04 Å². The lowest BCUT2D eigenvalue weighted by Crippen LogP contribution is -2.30. The minimum atomic E-state index is -4.23. The zero-order valence-electron chi connectivity index (χ0n) is 20.2. The van der Waals surface area contributed by atoms with E-state index in [1.54, 1.807) is 0 Å². The number of rotatable bonds is 8. The van der Waals surface area contributed by atoms with Crippen LogP contribution in [-0.2, 0) is 23.2 Å². The van der Waals surface area contributed by atoms with Crippen LogP contribution in [0.15, 0.2) is 95.9 Å². The maximum absolute atomic E-state index is 15.0. The third-order valence-corrected chi connectivity index (χ3v) is 9.24. The summed E-state index contributed by atoms with van der Waals surface area (Å²) in [5.41, 5.74) is 1.98. The smallest absolute Gasteiger partial charge is 0.265 e. The molecule has 1 heterocycles. The molecule has 5 rings (SSSR count). The highest BCUT2D eigenvalue weighted by Gasteiger charge is 2.29. The number of sulfonamides is 1. The molecule has 0 aliphatic heterocycles. The summed E-state index contributed by atoms with van der Waals surface area (Å²) >= 11 is 1.32. The van der Waals surface area contributed by atoms with E-state index < -0.39 is 27.5 Å². The van der Waals surface area contributed by atoms with Crippen LogP contribution in [0.4, 0.5) is 18.2 Å². The molecule has 0 bridgehead atoms. The van der Waals surface area contributed by atoms with Crippen LogP contribution in [0.25, 0.3) is 10.1 Å². The van der Waals surface area contributed by atoms with Gasteiger partial charge < -0.3 is 4.74 Å². The minimum absolute atomic E-state index is 0.0129. The first-order valence-corrected chi connectivity index (χ1v) is 13.9. The molecule has 0 radical (unpaired) electrons. The van der Waals surface area contributed by atoms with E-state index in [-0.39, 0.29) is 23.8 Å². The van der Waals surface area contributed by atoms with E-state index in [2.05, 4.69) is 0 Å². The molecule has 1 aromatic heterocycles. The molecule has 4 nitrogen and oxygen atoms in total. The molecule has 0 N–H and O–H groups in total. The number of nitrogens with zero attached hydrogens (tertiary/aromatic N) is 1. The van der Waals surface area contributed by atoms with Crippen molar-refractivity contribution in [2.24, 2.45) is 0 Å². The van der Waals surface area contributed by atoms with Gasteiger partial charge in [-0.2, -0.15) is 0 Å². The maximum Gasteiger partial charge on any atom is 0.265 e. The minimum Gasteiger partial charge on any atom is -0.486 e. The molecule has 0 atom stereocenters. The van der Waals surface area contributed by atoms with Crippen molar-refractivity contribution in [1.82, 2.24) is 0 Å². The van der Waals surface area contributed by atoms with Crippen LogP contribution in [0.3, 0.4) is 0 Å². The molecule has 0 saturated carbocycles. The van der Waals surface area contributed by atoms with Crippen molar-refractivity contribution in [1.29, 1.82) is 0 Å². The number of fused-ring (bicyclic) bond motifs is 1. The number of halogens is 3. The van der Waals surface area contributed by atoms with Gasteiger partial charge in [-0.05, 0) is 77.5 Å². The fourth-order valence-electron chi connectivity index (χ4n) is 4.05. The SMILES string of the molecule is Cc1c(N(Cc2ccc(F)cc2)S(=O)(=O)c2ccc(OCc3ccc(F)cc3)c(F)c2)sc2ccccc12. The van der Waals surface area contributed by atoms with Crippen molar-refractivity contribution in [3.05, 3.63) is 125 Å². The van der Waals surface area contributed by atoms with Crippen molar-refractivity contribution >= 4 is 36.4 Å². The van der Waals surface area contributed by atoms with Gasteiger partial charge in [-0.1, -0.05) is 42.5 Å². The Morgan fingerprint density at radius 2 is 1.45 bits per heavy atom. The number of hydrogen-bond donors (Lipinski definition) is 0. The molecule has 0 amide bonds. The van der Waals surface area contributed by atoms with Crippen LogP contribution in [-0.4, -0.2) is 8.42 Å². The highest BCUT2D eigenvalue weighted by Crippen LogP contribution is 2.41. The third kappa shape index (κ3) is 5.25. The maximum atomic E-state index is 15.0. The summed E-state index contributed by atoms with van der Waals surface area (Å²) in [4.78, 5) is -0.247. The van der Waals surface area contributed by atoms with Crippen molar-refractivity contribution in [3.63, 3.8) is 0 Å². The van der Waals surface area contributed by atoms with Gasteiger partial charge in [0.05, 0.1) is 11.4 Å². The van der Waals surface area contributed by atoms with Crippen molar-refractivity contribution < 1.29 is 26.3 Å².